The Bertz CT molecular complexity index is 868. The molecule has 2 aromatic carbocycles. The van der Waals surface area contributed by atoms with Crippen LogP contribution < -0.4 is 20.5 Å². The van der Waals surface area contributed by atoms with E-state index >= 15 is 0 Å². The number of ether oxygens (including phenoxy) is 1. The summed E-state index contributed by atoms with van der Waals surface area (Å²) < 4.78 is 5.32. The molecule has 0 radical (unpaired) electrons. The lowest BCUT2D eigenvalue weighted by molar-refractivity contribution is -0.126. The van der Waals surface area contributed by atoms with Crippen LogP contribution in [0.25, 0.3) is 0 Å². The van der Waals surface area contributed by atoms with Gasteiger partial charge in [-0.05, 0) is 55.5 Å². The number of hydrazine groups is 1. The molecule has 7 nitrogen and oxygen atoms in total. The summed E-state index contributed by atoms with van der Waals surface area (Å²) in [6.07, 6.45) is 0.0768. The Morgan fingerprint density at radius 3 is 2.43 bits per heavy atom. The molecule has 28 heavy (non-hydrogen) atoms. The van der Waals surface area contributed by atoms with Gasteiger partial charge in [0.1, 0.15) is 5.75 Å². The van der Waals surface area contributed by atoms with Crippen LogP contribution in [0, 0.1) is 5.92 Å². The number of benzene rings is 2. The zero-order valence-corrected chi connectivity index (χ0v) is 16.0. The van der Waals surface area contributed by atoms with Crippen molar-refractivity contribution >= 4 is 35.0 Å². The van der Waals surface area contributed by atoms with Crippen molar-refractivity contribution in [1.82, 2.24) is 10.9 Å². The fourth-order valence-electron chi connectivity index (χ4n) is 2.92. The standard InChI is InChI=1S/C20H20ClN3O4/c1-2-28-17-9-3-13(4-10-17)19(26)22-23-20(27)14-11-18(25)24(12-14)16-7-5-15(21)6-8-16/h3-10,14H,2,11-12H2,1H3,(H,22,26)(H,23,27). The molecule has 0 saturated carbocycles. The highest BCUT2D eigenvalue weighted by atomic mass is 35.5. The van der Waals surface area contributed by atoms with Crippen LogP contribution in [0.4, 0.5) is 5.69 Å². The zero-order chi connectivity index (χ0) is 20.1. The third-order valence-electron chi connectivity index (χ3n) is 4.36. The minimum absolute atomic E-state index is 0.0768. The van der Waals surface area contributed by atoms with E-state index in [2.05, 4.69) is 10.9 Å². The topological polar surface area (TPSA) is 87.7 Å². The molecule has 1 unspecified atom stereocenters. The third kappa shape index (κ3) is 4.61. The molecule has 1 heterocycles. The molecular formula is C20H20ClN3O4. The molecule has 2 aromatic rings. The summed E-state index contributed by atoms with van der Waals surface area (Å²) in [5.41, 5.74) is 5.84. The second-order valence-electron chi connectivity index (χ2n) is 6.28. The minimum Gasteiger partial charge on any atom is -0.494 e. The number of hydrogen-bond donors (Lipinski definition) is 2. The third-order valence-corrected chi connectivity index (χ3v) is 4.61. The number of halogens is 1. The number of rotatable bonds is 5. The normalized spacial score (nSPS) is 16.0. The molecule has 1 aliphatic heterocycles. The van der Waals surface area contributed by atoms with Crippen LogP contribution in [-0.2, 0) is 9.59 Å². The average molecular weight is 402 g/mol. The highest BCUT2D eigenvalue weighted by Gasteiger charge is 2.35. The van der Waals surface area contributed by atoms with E-state index in [1.807, 2.05) is 6.92 Å². The molecule has 146 valence electrons. The molecule has 3 amide bonds. The van der Waals surface area contributed by atoms with Crippen LogP contribution >= 0.6 is 11.6 Å². The summed E-state index contributed by atoms with van der Waals surface area (Å²) >= 11 is 5.86. The van der Waals surface area contributed by atoms with Gasteiger partial charge in [-0.25, -0.2) is 0 Å². The number of nitrogens with one attached hydrogen (secondary N) is 2. The van der Waals surface area contributed by atoms with Crippen molar-refractivity contribution in [3.8, 4) is 5.75 Å². The smallest absolute Gasteiger partial charge is 0.269 e. The molecule has 0 spiro atoms. The number of nitrogens with zero attached hydrogens (tertiary/aromatic N) is 1. The number of amides is 3. The zero-order valence-electron chi connectivity index (χ0n) is 15.3. The van der Waals surface area contributed by atoms with Gasteiger partial charge in [0.15, 0.2) is 0 Å². The van der Waals surface area contributed by atoms with Crippen LogP contribution in [0.5, 0.6) is 5.75 Å². The van der Waals surface area contributed by atoms with Crippen molar-refractivity contribution < 1.29 is 19.1 Å². The van der Waals surface area contributed by atoms with Crippen molar-refractivity contribution in [2.24, 2.45) is 5.92 Å². The molecular weight excluding hydrogens is 382 g/mol. The molecule has 8 heteroatoms. The molecule has 1 fully saturated rings. The summed E-state index contributed by atoms with van der Waals surface area (Å²) in [4.78, 5) is 38.3. The maximum absolute atomic E-state index is 12.4. The second kappa shape index (κ2) is 8.75. The quantitative estimate of drug-likeness (QED) is 0.754. The lowest BCUT2D eigenvalue weighted by atomic mass is 10.1. The van der Waals surface area contributed by atoms with E-state index in [0.29, 0.717) is 28.6 Å². The van der Waals surface area contributed by atoms with Crippen LogP contribution in [-0.4, -0.2) is 30.9 Å². The largest absolute Gasteiger partial charge is 0.494 e. The second-order valence-corrected chi connectivity index (χ2v) is 6.72. The first kappa shape index (κ1) is 19.7. The SMILES string of the molecule is CCOc1ccc(C(=O)NNC(=O)C2CC(=O)N(c3ccc(Cl)cc3)C2)cc1. The average Bonchev–Trinajstić information content (AvgIpc) is 3.09. The van der Waals surface area contributed by atoms with Crippen molar-refractivity contribution in [2.45, 2.75) is 13.3 Å². The lowest BCUT2D eigenvalue weighted by Crippen LogP contribution is -2.45. The summed E-state index contributed by atoms with van der Waals surface area (Å²) in [6.45, 7) is 2.65. The number of anilines is 1. The predicted octanol–water partition coefficient (Wildman–Crippen LogP) is 2.55. The van der Waals surface area contributed by atoms with Gasteiger partial charge in [-0.15, -0.1) is 0 Å². The van der Waals surface area contributed by atoms with Gasteiger partial charge in [0, 0.05) is 29.2 Å². The molecule has 0 bridgehead atoms. The van der Waals surface area contributed by atoms with Gasteiger partial charge in [-0.1, -0.05) is 11.6 Å². The van der Waals surface area contributed by atoms with Gasteiger partial charge >= 0.3 is 0 Å². The van der Waals surface area contributed by atoms with Crippen LogP contribution in [0.3, 0.4) is 0 Å². The Labute approximate surface area is 167 Å². The van der Waals surface area contributed by atoms with E-state index in [1.165, 1.54) is 4.90 Å². The maximum Gasteiger partial charge on any atom is 0.269 e. The number of hydrogen-bond acceptors (Lipinski definition) is 4. The van der Waals surface area contributed by atoms with Crippen molar-refractivity contribution in [2.75, 3.05) is 18.1 Å². The molecule has 2 N–H and O–H groups in total. The van der Waals surface area contributed by atoms with Gasteiger partial charge in [0.25, 0.3) is 5.91 Å². The maximum atomic E-state index is 12.4. The van der Waals surface area contributed by atoms with E-state index < -0.39 is 17.7 Å². The summed E-state index contributed by atoms with van der Waals surface area (Å²) in [7, 11) is 0. The monoisotopic (exact) mass is 401 g/mol. The van der Waals surface area contributed by atoms with Gasteiger partial charge in [0.05, 0.1) is 12.5 Å². The van der Waals surface area contributed by atoms with E-state index in [0.717, 1.165) is 0 Å². The van der Waals surface area contributed by atoms with Gasteiger partial charge in [-0.2, -0.15) is 0 Å². The van der Waals surface area contributed by atoms with Crippen LogP contribution in [0.15, 0.2) is 48.5 Å². The fraction of sp³-hybridized carbons (Fsp3) is 0.250. The fourth-order valence-corrected chi connectivity index (χ4v) is 3.04. The van der Waals surface area contributed by atoms with Gasteiger partial charge < -0.3 is 9.64 Å². The Morgan fingerprint density at radius 1 is 1.11 bits per heavy atom. The number of carbonyl (C=O) groups excluding carboxylic acids is 3. The summed E-state index contributed by atoms with van der Waals surface area (Å²) in [6, 6.07) is 13.4. The Balaban J connectivity index is 1.54. The Kier molecular flexibility index (Phi) is 6.16. The lowest BCUT2D eigenvalue weighted by Gasteiger charge is -2.17. The van der Waals surface area contributed by atoms with Gasteiger partial charge in [-0.3, -0.25) is 25.2 Å². The molecule has 3 rings (SSSR count). The van der Waals surface area contributed by atoms with E-state index in [-0.39, 0.29) is 18.9 Å². The molecule has 0 aromatic heterocycles. The van der Waals surface area contributed by atoms with E-state index in [4.69, 9.17) is 16.3 Å². The molecule has 1 atom stereocenters. The van der Waals surface area contributed by atoms with Crippen molar-refractivity contribution in [3.63, 3.8) is 0 Å². The van der Waals surface area contributed by atoms with Gasteiger partial charge in [0.2, 0.25) is 11.8 Å². The predicted molar refractivity (Wildman–Crippen MR) is 105 cm³/mol. The van der Waals surface area contributed by atoms with Crippen molar-refractivity contribution in [3.05, 3.63) is 59.1 Å². The van der Waals surface area contributed by atoms with Crippen molar-refractivity contribution in [1.29, 1.82) is 0 Å². The van der Waals surface area contributed by atoms with E-state index in [9.17, 15) is 14.4 Å². The Hall–Kier alpha value is -3.06. The summed E-state index contributed by atoms with van der Waals surface area (Å²) in [5, 5.41) is 0.571. The number of carbonyl (C=O) groups is 3. The first-order chi connectivity index (χ1) is 13.5. The first-order valence-corrected chi connectivity index (χ1v) is 9.24. The summed E-state index contributed by atoms with van der Waals surface area (Å²) in [5.74, 6) is -0.904. The molecule has 0 aliphatic carbocycles. The van der Waals surface area contributed by atoms with Crippen LogP contribution in [0.1, 0.15) is 23.7 Å². The molecule has 1 saturated heterocycles. The first-order valence-electron chi connectivity index (χ1n) is 8.87. The van der Waals surface area contributed by atoms with E-state index in [1.54, 1.807) is 48.5 Å². The Morgan fingerprint density at radius 2 is 1.79 bits per heavy atom. The highest BCUT2D eigenvalue weighted by molar-refractivity contribution is 6.30. The molecule has 1 aliphatic rings. The minimum atomic E-state index is -0.552. The van der Waals surface area contributed by atoms with Crippen LogP contribution in [0.2, 0.25) is 5.02 Å². The highest BCUT2D eigenvalue weighted by Crippen LogP contribution is 2.26.